The third kappa shape index (κ3) is 2.77. The first-order valence-corrected chi connectivity index (χ1v) is 5.82. The Kier molecular flexibility index (Phi) is 3.41. The minimum Gasteiger partial charge on any atom is -0.478 e. The van der Waals surface area contributed by atoms with E-state index < -0.39 is 16.0 Å². The number of halogens is 3. The molecule has 0 bridgehead atoms. The Labute approximate surface area is 112 Å². The first kappa shape index (κ1) is 12.8. The SMILES string of the molecule is O=C(O)c1ccc2c(c1)COC(C(Cl)(Cl)Cl)N2. The van der Waals surface area contributed by atoms with Crippen molar-refractivity contribution in [3.63, 3.8) is 0 Å². The second kappa shape index (κ2) is 4.53. The van der Waals surface area contributed by atoms with Crippen molar-refractivity contribution in [3.05, 3.63) is 29.3 Å². The molecule has 1 aliphatic heterocycles. The monoisotopic (exact) mass is 295 g/mol. The molecular formula is C10H8Cl3NO3. The average Bonchev–Trinajstić information content (AvgIpc) is 2.26. The van der Waals surface area contributed by atoms with E-state index >= 15 is 0 Å². The van der Waals surface area contributed by atoms with E-state index in [-0.39, 0.29) is 12.2 Å². The van der Waals surface area contributed by atoms with Crippen molar-refractivity contribution in [1.82, 2.24) is 0 Å². The van der Waals surface area contributed by atoms with Crippen LogP contribution in [-0.4, -0.2) is 21.1 Å². The molecule has 1 aliphatic rings. The van der Waals surface area contributed by atoms with Crippen molar-refractivity contribution in [2.75, 3.05) is 5.32 Å². The van der Waals surface area contributed by atoms with Gasteiger partial charge in [0, 0.05) is 11.3 Å². The van der Waals surface area contributed by atoms with Crippen LogP contribution in [0.15, 0.2) is 18.2 Å². The molecule has 0 fully saturated rings. The van der Waals surface area contributed by atoms with E-state index in [0.29, 0.717) is 5.69 Å². The van der Waals surface area contributed by atoms with Crippen LogP contribution >= 0.6 is 34.8 Å². The van der Waals surface area contributed by atoms with Crippen LogP contribution in [0.3, 0.4) is 0 Å². The Morgan fingerprint density at radius 1 is 1.47 bits per heavy atom. The second-order valence-electron chi connectivity index (χ2n) is 3.55. The molecule has 2 N–H and O–H groups in total. The van der Waals surface area contributed by atoms with Gasteiger partial charge in [-0.2, -0.15) is 0 Å². The molecular weight excluding hydrogens is 288 g/mol. The van der Waals surface area contributed by atoms with Crippen molar-refractivity contribution in [2.45, 2.75) is 16.6 Å². The molecule has 92 valence electrons. The van der Waals surface area contributed by atoms with E-state index in [1.54, 1.807) is 6.07 Å². The fourth-order valence-electron chi connectivity index (χ4n) is 1.52. The van der Waals surface area contributed by atoms with E-state index in [1.807, 2.05) is 0 Å². The summed E-state index contributed by atoms with van der Waals surface area (Å²) in [6.07, 6.45) is -0.754. The lowest BCUT2D eigenvalue weighted by atomic mass is 10.1. The van der Waals surface area contributed by atoms with Gasteiger partial charge in [-0.1, -0.05) is 34.8 Å². The number of carboxylic acids is 1. The fraction of sp³-hybridized carbons (Fsp3) is 0.300. The topological polar surface area (TPSA) is 58.6 Å². The van der Waals surface area contributed by atoms with Gasteiger partial charge in [-0.15, -0.1) is 0 Å². The molecule has 0 aromatic heterocycles. The standard InChI is InChI=1S/C10H8Cl3NO3/c11-10(12,13)9-14-7-2-1-5(8(15)16)3-6(7)4-17-9/h1-3,9,14H,4H2,(H,15,16). The summed E-state index contributed by atoms with van der Waals surface area (Å²) in [5.74, 6) is -0.990. The largest absolute Gasteiger partial charge is 0.478 e. The van der Waals surface area contributed by atoms with Gasteiger partial charge < -0.3 is 15.2 Å². The van der Waals surface area contributed by atoms with Gasteiger partial charge in [0.2, 0.25) is 3.79 Å². The molecule has 0 radical (unpaired) electrons. The number of anilines is 1. The van der Waals surface area contributed by atoms with Crippen LogP contribution in [0.25, 0.3) is 0 Å². The fourth-order valence-corrected chi connectivity index (χ4v) is 1.87. The Morgan fingerprint density at radius 2 is 2.18 bits per heavy atom. The van der Waals surface area contributed by atoms with Crippen LogP contribution in [-0.2, 0) is 11.3 Å². The predicted molar refractivity (Wildman–Crippen MR) is 65.9 cm³/mol. The highest BCUT2D eigenvalue weighted by molar-refractivity contribution is 6.68. The highest BCUT2D eigenvalue weighted by atomic mass is 35.6. The number of carboxylic acid groups (broad SMARTS) is 1. The summed E-state index contributed by atoms with van der Waals surface area (Å²) >= 11 is 17.1. The molecule has 2 rings (SSSR count). The summed E-state index contributed by atoms with van der Waals surface area (Å²) < 4.78 is 3.72. The lowest BCUT2D eigenvalue weighted by Crippen LogP contribution is -2.39. The van der Waals surface area contributed by atoms with Crippen molar-refractivity contribution < 1.29 is 14.6 Å². The number of fused-ring (bicyclic) bond motifs is 1. The van der Waals surface area contributed by atoms with Gasteiger partial charge in [-0.3, -0.25) is 0 Å². The first-order chi connectivity index (χ1) is 7.88. The quantitative estimate of drug-likeness (QED) is 0.782. The maximum atomic E-state index is 10.8. The van der Waals surface area contributed by atoms with Crippen molar-refractivity contribution in [1.29, 1.82) is 0 Å². The molecule has 1 atom stereocenters. The summed E-state index contributed by atoms with van der Waals surface area (Å²) in [6.45, 7) is 0.196. The number of aromatic carboxylic acids is 1. The zero-order valence-corrected chi connectivity index (χ0v) is 10.7. The van der Waals surface area contributed by atoms with Crippen molar-refractivity contribution in [2.24, 2.45) is 0 Å². The summed E-state index contributed by atoms with van der Waals surface area (Å²) in [5.41, 5.74) is 1.62. The molecule has 4 nitrogen and oxygen atoms in total. The summed E-state index contributed by atoms with van der Waals surface area (Å²) in [4.78, 5) is 10.8. The molecule has 0 spiro atoms. The molecule has 0 aliphatic carbocycles. The Hall–Kier alpha value is -0.680. The maximum Gasteiger partial charge on any atom is 0.335 e. The van der Waals surface area contributed by atoms with Gasteiger partial charge in [0.15, 0.2) is 6.23 Å². The van der Waals surface area contributed by atoms with Gasteiger partial charge in [-0.25, -0.2) is 4.79 Å². The van der Waals surface area contributed by atoms with Crippen LogP contribution < -0.4 is 5.32 Å². The van der Waals surface area contributed by atoms with E-state index in [9.17, 15) is 4.79 Å². The average molecular weight is 297 g/mol. The summed E-state index contributed by atoms with van der Waals surface area (Å²) in [7, 11) is 0. The van der Waals surface area contributed by atoms with Crippen LogP contribution in [0.4, 0.5) is 5.69 Å². The molecule has 0 saturated carbocycles. The maximum absolute atomic E-state index is 10.8. The van der Waals surface area contributed by atoms with Gasteiger partial charge in [-0.05, 0) is 18.2 Å². The van der Waals surface area contributed by atoms with Crippen LogP contribution in [0.1, 0.15) is 15.9 Å². The molecule has 1 aromatic rings. The van der Waals surface area contributed by atoms with Crippen molar-refractivity contribution >= 4 is 46.5 Å². The predicted octanol–water partition coefficient (Wildman–Crippen LogP) is 3.02. The number of hydrogen-bond donors (Lipinski definition) is 2. The number of nitrogens with one attached hydrogen (secondary N) is 1. The molecule has 1 aromatic carbocycles. The van der Waals surface area contributed by atoms with Gasteiger partial charge in [0.1, 0.15) is 0 Å². The van der Waals surface area contributed by atoms with E-state index in [0.717, 1.165) is 5.56 Å². The number of rotatable bonds is 1. The number of benzene rings is 1. The first-order valence-electron chi connectivity index (χ1n) is 4.69. The van der Waals surface area contributed by atoms with Crippen molar-refractivity contribution in [3.8, 4) is 0 Å². The molecule has 0 saturated heterocycles. The molecule has 17 heavy (non-hydrogen) atoms. The zero-order valence-electron chi connectivity index (χ0n) is 8.41. The van der Waals surface area contributed by atoms with Gasteiger partial charge >= 0.3 is 5.97 Å². The third-order valence-electron chi connectivity index (χ3n) is 2.34. The Balaban J connectivity index is 2.26. The number of hydrogen-bond acceptors (Lipinski definition) is 3. The normalized spacial score (nSPS) is 19.4. The molecule has 1 unspecified atom stereocenters. The Morgan fingerprint density at radius 3 is 2.76 bits per heavy atom. The van der Waals surface area contributed by atoms with E-state index in [4.69, 9.17) is 44.6 Å². The van der Waals surface area contributed by atoms with E-state index in [1.165, 1.54) is 12.1 Å². The smallest absolute Gasteiger partial charge is 0.335 e. The number of alkyl halides is 3. The summed E-state index contributed by atoms with van der Waals surface area (Å²) in [6, 6.07) is 4.64. The van der Waals surface area contributed by atoms with Crippen LogP contribution in [0.5, 0.6) is 0 Å². The molecule has 0 amide bonds. The minimum atomic E-state index is -1.58. The minimum absolute atomic E-state index is 0.196. The zero-order chi connectivity index (χ0) is 12.6. The van der Waals surface area contributed by atoms with Gasteiger partial charge in [0.25, 0.3) is 0 Å². The van der Waals surface area contributed by atoms with Crippen LogP contribution in [0, 0.1) is 0 Å². The summed E-state index contributed by atoms with van der Waals surface area (Å²) in [5, 5.41) is 11.7. The third-order valence-corrected chi connectivity index (χ3v) is 2.94. The lowest BCUT2D eigenvalue weighted by molar-refractivity contribution is 0.0537. The number of ether oxygens (including phenoxy) is 1. The van der Waals surface area contributed by atoms with E-state index in [2.05, 4.69) is 5.32 Å². The Bertz CT molecular complexity index is 459. The number of carbonyl (C=O) groups is 1. The van der Waals surface area contributed by atoms with Gasteiger partial charge in [0.05, 0.1) is 12.2 Å². The molecule has 7 heteroatoms. The molecule has 1 heterocycles. The van der Waals surface area contributed by atoms with Crippen LogP contribution in [0.2, 0.25) is 0 Å². The second-order valence-corrected chi connectivity index (χ2v) is 5.92. The lowest BCUT2D eigenvalue weighted by Gasteiger charge is -2.31. The highest BCUT2D eigenvalue weighted by Crippen LogP contribution is 2.36. The highest BCUT2D eigenvalue weighted by Gasteiger charge is 2.36.